The first-order chi connectivity index (χ1) is 11.5. The van der Waals surface area contributed by atoms with Gasteiger partial charge in [-0.05, 0) is 40.5 Å². The molecule has 1 saturated heterocycles. The molecular formula is C18H26N4O2. The maximum absolute atomic E-state index is 13.1. The van der Waals surface area contributed by atoms with E-state index in [1.54, 1.807) is 0 Å². The highest BCUT2D eigenvalue weighted by atomic mass is 16.5. The molecule has 0 radical (unpaired) electrons. The molecule has 130 valence electrons. The second-order valence-electron chi connectivity index (χ2n) is 6.78. The number of nitrogens with zero attached hydrogens (tertiary/aromatic N) is 3. The second kappa shape index (κ2) is 6.79. The van der Waals surface area contributed by atoms with Gasteiger partial charge in [0.15, 0.2) is 0 Å². The largest absolute Gasteiger partial charge is 0.361 e. The van der Waals surface area contributed by atoms with Gasteiger partial charge in [0.1, 0.15) is 5.76 Å². The van der Waals surface area contributed by atoms with Gasteiger partial charge in [-0.2, -0.15) is 5.10 Å². The minimum atomic E-state index is 0.110. The maximum atomic E-state index is 13.1. The Morgan fingerprint density at radius 1 is 1.21 bits per heavy atom. The van der Waals surface area contributed by atoms with Gasteiger partial charge in [-0.3, -0.25) is 9.89 Å². The number of carbonyl (C=O) groups is 1. The van der Waals surface area contributed by atoms with Crippen molar-refractivity contribution >= 4 is 5.91 Å². The van der Waals surface area contributed by atoms with Gasteiger partial charge in [-0.1, -0.05) is 18.0 Å². The van der Waals surface area contributed by atoms with Gasteiger partial charge in [0.25, 0.3) is 0 Å². The highest BCUT2D eigenvalue weighted by molar-refractivity contribution is 5.79. The minimum absolute atomic E-state index is 0.110. The Labute approximate surface area is 142 Å². The normalized spacial score (nSPS) is 18.7. The van der Waals surface area contributed by atoms with Crippen LogP contribution in [0.25, 0.3) is 0 Å². The third-order valence-corrected chi connectivity index (χ3v) is 5.10. The fourth-order valence-corrected chi connectivity index (χ4v) is 3.76. The molecule has 0 bridgehead atoms. The van der Waals surface area contributed by atoms with Gasteiger partial charge in [0, 0.05) is 23.4 Å². The number of aromatic amines is 1. The molecule has 6 nitrogen and oxygen atoms in total. The van der Waals surface area contributed by atoms with E-state index in [9.17, 15) is 4.79 Å². The van der Waals surface area contributed by atoms with Crippen molar-refractivity contribution < 1.29 is 9.32 Å². The summed E-state index contributed by atoms with van der Waals surface area (Å²) in [6.45, 7) is 8.62. The molecule has 3 rings (SSSR count). The quantitative estimate of drug-likeness (QED) is 0.937. The van der Waals surface area contributed by atoms with E-state index in [2.05, 4.69) is 15.4 Å². The maximum Gasteiger partial charge on any atom is 0.227 e. The lowest BCUT2D eigenvalue weighted by atomic mass is 9.98. The summed E-state index contributed by atoms with van der Waals surface area (Å²) in [5.41, 5.74) is 4.97. The number of rotatable bonds is 3. The van der Waals surface area contributed by atoms with Crippen molar-refractivity contribution in [1.82, 2.24) is 20.3 Å². The monoisotopic (exact) mass is 330 g/mol. The lowest BCUT2D eigenvalue weighted by Gasteiger charge is -2.30. The van der Waals surface area contributed by atoms with E-state index in [1.807, 2.05) is 32.6 Å². The smallest absolute Gasteiger partial charge is 0.227 e. The van der Waals surface area contributed by atoms with Crippen molar-refractivity contribution in [1.29, 1.82) is 0 Å². The molecule has 2 aromatic heterocycles. The second-order valence-corrected chi connectivity index (χ2v) is 6.78. The molecule has 24 heavy (non-hydrogen) atoms. The van der Waals surface area contributed by atoms with Gasteiger partial charge in [0.2, 0.25) is 5.91 Å². The van der Waals surface area contributed by atoms with Gasteiger partial charge < -0.3 is 9.42 Å². The summed E-state index contributed by atoms with van der Waals surface area (Å²) in [5, 5.41) is 11.4. The van der Waals surface area contributed by atoms with E-state index in [4.69, 9.17) is 4.52 Å². The zero-order chi connectivity index (χ0) is 17.3. The topological polar surface area (TPSA) is 75.0 Å². The molecule has 3 heterocycles. The summed E-state index contributed by atoms with van der Waals surface area (Å²) in [4.78, 5) is 15.1. The van der Waals surface area contributed by atoms with Crippen molar-refractivity contribution in [2.24, 2.45) is 0 Å². The van der Waals surface area contributed by atoms with Crippen molar-refractivity contribution in [2.75, 3.05) is 6.54 Å². The van der Waals surface area contributed by atoms with Crippen LogP contribution in [0.4, 0.5) is 0 Å². The van der Waals surface area contributed by atoms with Crippen LogP contribution in [0.2, 0.25) is 0 Å². The Morgan fingerprint density at radius 3 is 2.62 bits per heavy atom. The lowest BCUT2D eigenvalue weighted by Crippen LogP contribution is -2.36. The zero-order valence-corrected chi connectivity index (χ0v) is 15.0. The number of amides is 1. The van der Waals surface area contributed by atoms with E-state index < -0.39 is 0 Å². The highest BCUT2D eigenvalue weighted by Gasteiger charge is 2.30. The van der Waals surface area contributed by atoms with Gasteiger partial charge >= 0.3 is 0 Å². The Kier molecular flexibility index (Phi) is 4.73. The number of H-pyrrole nitrogens is 1. The van der Waals surface area contributed by atoms with E-state index in [1.165, 1.54) is 12.0 Å². The molecule has 1 aliphatic rings. The number of aromatic nitrogens is 3. The van der Waals surface area contributed by atoms with Crippen LogP contribution in [0.3, 0.4) is 0 Å². The number of hydrogen-bond acceptors (Lipinski definition) is 4. The molecule has 0 saturated carbocycles. The highest BCUT2D eigenvalue weighted by Crippen LogP contribution is 2.33. The van der Waals surface area contributed by atoms with E-state index in [-0.39, 0.29) is 11.9 Å². The summed E-state index contributed by atoms with van der Waals surface area (Å²) in [7, 11) is 0. The first-order valence-corrected chi connectivity index (χ1v) is 8.71. The van der Waals surface area contributed by atoms with Crippen LogP contribution in [0.1, 0.15) is 65.7 Å². The summed E-state index contributed by atoms with van der Waals surface area (Å²) >= 11 is 0. The van der Waals surface area contributed by atoms with Crippen LogP contribution in [-0.4, -0.2) is 32.7 Å². The number of aryl methyl sites for hydroxylation is 4. The average molecular weight is 330 g/mol. The molecule has 1 aliphatic heterocycles. The lowest BCUT2D eigenvalue weighted by molar-refractivity contribution is -0.133. The molecule has 1 fully saturated rings. The molecule has 1 amide bonds. The molecule has 0 spiro atoms. The summed E-state index contributed by atoms with van der Waals surface area (Å²) < 4.78 is 5.21. The van der Waals surface area contributed by atoms with Gasteiger partial charge in [-0.15, -0.1) is 0 Å². The fraction of sp³-hybridized carbons (Fsp3) is 0.611. The van der Waals surface area contributed by atoms with Crippen LogP contribution in [-0.2, 0) is 11.2 Å². The minimum Gasteiger partial charge on any atom is -0.361 e. The third-order valence-electron chi connectivity index (χ3n) is 5.10. The molecule has 0 unspecified atom stereocenters. The first kappa shape index (κ1) is 16.7. The zero-order valence-electron chi connectivity index (χ0n) is 15.0. The molecule has 1 N–H and O–H groups in total. The van der Waals surface area contributed by atoms with Crippen LogP contribution in [0.15, 0.2) is 4.52 Å². The molecule has 0 aromatic carbocycles. The predicted octanol–water partition coefficient (Wildman–Crippen LogP) is 3.32. The summed E-state index contributed by atoms with van der Waals surface area (Å²) in [6.07, 6.45) is 4.72. The van der Waals surface area contributed by atoms with Crippen molar-refractivity contribution in [2.45, 2.75) is 65.8 Å². The standard InChI is InChI=1S/C18H26N4O2/c1-11-15(14(4)24-21-11)10-17(23)22-9-7-5-6-8-16(22)18-12(2)19-20-13(18)3/h16H,5-10H2,1-4H3,(H,19,20)/t16-/m0/s1. The number of likely N-dealkylation sites (tertiary alicyclic amines) is 1. The molecule has 0 aliphatic carbocycles. The van der Waals surface area contributed by atoms with Crippen molar-refractivity contribution in [3.05, 3.63) is 34.0 Å². The molecule has 1 atom stereocenters. The Bertz CT molecular complexity index is 692. The third kappa shape index (κ3) is 3.09. The summed E-state index contributed by atoms with van der Waals surface area (Å²) in [5.74, 6) is 0.888. The Morgan fingerprint density at radius 2 is 2.00 bits per heavy atom. The van der Waals surface area contributed by atoms with Crippen LogP contribution in [0.5, 0.6) is 0 Å². The van der Waals surface area contributed by atoms with Crippen LogP contribution in [0, 0.1) is 27.7 Å². The van der Waals surface area contributed by atoms with Gasteiger partial charge in [-0.25, -0.2) is 0 Å². The average Bonchev–Trinajstić information content (AvgIpc) is 2.94. The number of hydrogen-bond donors (Lipinski definition) is 1. The van der Waals surface area contributed by atoms with Crippen LogP contribution < -0.4 is 0 Å². The van der Waals surface area contributed by atoms with Gasteiger partial charge in [0.05, 0.1) is 23.9 Å². The van der Waals surface area contributed by atoms with E-state index in [0.29, 0.717) is 6.42 Å². The SMILES string of the molecule is Cc1noc(C)c1CC(=O)N1CCCCC[C@H]1c1c(C)n[nH]c1C. The fourth-order valence-electron chi connectivity index (χ4n) is 3.76. The summed E-state index contributed by atoms with van der Waals surface area (Å²) in [6, 6.07) is 0.110. The molecule has 6 heteroatoms. The number of carbonyl (C=O) groups excluding carboxylic acids is 1. The first-order valence-electron chi connectivity index (χ1n) is 8.71. The number of nitrogens with one attached hydrogen (secondary N) is 1. The van der Waals surface area contributed by atoms with E-state index in [0.717, 1.165) is 54.2 Å². The molecule has 2 aromatic rings. The van der Waals surface area contributed by atoms with Crippen LogP contribution >= 0.6 is 0 Å². The van der Waals surface area contributed by atoms with E-state index >= 15 is 0 Å². The van der Waals surface area contributed by atoms with Crippen molar-refractivity contribution in [3.8, 4) is 0 Å². The Balaban J connectivity index is 1.89. The molecular weight excluding hydrogens is 304 g/mol. The Hall–Kier alpha value is -2.11. The van der Waals surface area contributed by atoms with Crippen molar-refractivity contribution in [3.63, 3.8) is 0 Å². The predicted molar refractivity (Wildman–Crippen MR) is 90.7 cm³/mol.